The average molecular weight is 290 g/mol. The molecule has 0 aromatic carbocycles. The molecule has 1 heterocycles. The highest BCUT2D eigenvalue weighted by atomic mass is 19.4. The quantitative estimate of drug-likeness (QED) is 0.849. The van der Waals surface area contributed by atoms with E-state index in [0.29, 0.717) is 12.4 Å². The zero-order chi connectivity index (χ0) is 15.6. The molecule has 5 nitrogen and oxygen atoms in total. The number of nitrogens with one attached hydrogen (secondary N) is 1. The van der Waals surface area contributed by atoms with Crippen LogP contribution in [-0.2, 0) is 10.9 Å². The lowest BCUT2D eigenvalue weighted by molar-refractivity contribution is -0.141. The Morgan fingerprint density at radius 2 is 1.90 bits per heavy atom. The van der Waals surface area contributed by atoms with E-state index in [1.165, 1.54) is 0 Å². The molecule has 0 radical (unpaired) electrons. The molecular formula is C12H13F3N2O3. The third-order valence-corrected chi connectivity index (χ3v) is 1.96. The Hall–Kier alpha value is -2.12. The third-order valence-electron chi connectivity index (χ3n) is 1.96. The number of pyridine rings is 1. The number of carbonyl (C=O) groups excluding carboxylic acids is 2. The van der Waals surface area contributed by atoms with E-state index >= 15 is 0 Å². The molecule has 0 aliphatic heterocycles. The van der Waals surface area contributed by atoms with Gasteiger partial charge in [0, 0.05) is 0 Å². The van der Waals surface area contributed by atoms with Crippen molar-refractivity contribution in [2.75, 3.05) is 5.32 Å². The predicted molar refractivity (Wildman–Crippen MR) is 64.5 cm³/mol. The second kappa shape index (κ2) is 5.48. The summed E-state index contributed by atoms with van der Waals surface area (Å²) < 4.78 is 42.4. The van der Waals surface area contributed by atoms with Gasteiger partial charge in [-0.1, -0.05) is 0 Å². The normalized spacial score (nSPS) is 11.9. The maximum atomic E-state index is 12.5. The monoisotopic (exact) mass is 290 g/mol. The molecule has 0 atom stereocenters. The molecule has 20 heavy (non-hydrogen) atoms. The fourth-order valence-electron chi connectivity index (χ4n) is 1.22. The summed E-state index contributed by atoms with van der Waals surface area (Å²) in [5.41, 5.74) is -2.22. The van der Waals surface area contributed by atoms with Gasteiger partial charge in [0.2, 0.25) is 0 Å². The van der Waals surface area contributed by atoms with E-state index in [2.05, 4.69) is 4.98 Å². The molecule has 110 valence electrons. The van der Waals surface area contributed by atoms with Gasteiger partial charge in [0.15, 0.2) is 6.29 Å². The van der Waals surface area contributed by atoms with E-state index in [1.54, 1.807) is 20.8 Å². The molecule has 0 aliphatic carbocycles. The molecule has 0 spiro atoms. The topological polar surface area (TPSA) is 68.3 Å². The number of aromatic nitrogens is 1. The molecule has 0 unspecified atom stereocenters. The van der Waals surface area contributed by atoms with Gasteiger partial charge in [0.05, 0.1) is 5.56 Å². The molecular weight excluding hydrogens is 277 g/mol. The van der Waals surface area contributed by atoms with Gasteiger partial charge < -0.3 is 4.74 Å². The molecule has 0 saturated carbocycles. The molecule has 8 heteroatoms. The van der Waals surface area contributed by atoms with Crippen LogP contribution >= 0.6 is 0 Å². The smallest absolute Gasteiger partial charge is 0.433 e. The highest BCUT2D eigenvalue weighted by Gasteiger charge is 2.33. The summed E-state index contributed by atoms with van der Waals surface area (Å²) in [5.74, 6) is -0.496. The van der Waals surface area contributed by atoms with Gasteiger partial charge in [-0.15, -0.1) is 0 Å². The molecule has 0 aliphatic rings. The predicted octanol–water partition coefficient (Wildman–Crippen LogP) is 3.26. The minimum absolute atomic E-state index is 0.177. The summed E-state index contributed by atoms with van der Waals surface area (Å²) in [4.78, 5) is 25.4. The van der Waals surface area contributed by atoms with Gasteiger partial charge in [-0.05, 0) is 32.9 Å². The van der Waals surface area contributed by atoms with Crippen LogP contribution in [0.5, 0.6) is 0 Å². The van der Waals surface area contributed by atoms with Crippen molar-refractivity contribution in [2.24, 2.45) is 0 Å². The van der Waals surface area contributed by atoms with Crippen molar-refractivity contribution >= 4 is 18.2 Å². The molecule has 1 rings (SSSR count). The first-order valence-electron chi connectivity index (χ1n) is 5.56. The maximum Gasteiger partial charge on any atom is 0.433 e. The first-order chi connectivity index (χ1) is 9.03. The van der Waals surface area contributed by atoms with Gasteiger partial charge in [-0.25, -0.2) is 9.78 Å². The minimum atomic E-state index is -4.67. The first kappa shape index (κ1) is 15.9. The van der Waals surface area contributed by atoms with Gasteiger partial charge in [-0.2, -0.15) is 13.2 Å². The van der Waals surface area contributed by atoms with E-state index in [-0.39, 0.29) is 5.56 Å². The summed E-state index contributed by atoms with van der Waals surface area (Å²) in [6.45, 7) is 4.77. The van der Waals surface area contributed by atoms with Crippen LogP contribution in [0.4, 0.5) is 23.8 Å². The van der Waals surface area contributed by atoms with E-state index in [1.807, 2.05) is 5.32 Å². The van der Waals surface area contributed by atoms with Crippen molar-refractivity contribution in [1.29, 1.82) is 0 Å². The Morgan fingerprint density at radius 3 is 2.35 bits per heavy atom. The lowest BCUT2D eigenvalue weighted by Crippen LogP contribution is -2.28. The van der Waals surface area contributed by atoms with Crippen molar-refractivity contribution in [3.8, 4) is 0 Å². The molecule has 1 aromatic rings. The molecule has 0 fully saturated rings. The fraction of sp³-hybridized carbons (Fsp3) is 0.417. The Bertz CT molecular complexity index is 522. The highest BCUT2D eigenvalue weighted by Crippen LogP contribution is 2.29. The third kappa shape index (κ3) is 4.52. The van der Waals surface area contributed by atoms with Gasteiger partial charge in [0.25, 0.3) is 0 Å². The van der Waals surface area contributed by atoms with Gasteiger partial charge >= 0.3 is 12.3 Å². The summed E-state index contributed by atoms with van der Waals surface area (Å²) >= 11 is 0. The lowest BCUT2D eigenvalue weighted by Gasteiger charge is -2.20. The summed E-state index contributed by atoms with van der Waals surface area (Å²) in [5, 5.41) is 2.03. The number of aldehydes is 1. The number of halogens is 3. The number of alkyl halides is 3. The molecule has 0 saturated heterocycles. The average Bonchev–Trinajstić information content (AvgIpc) is 2.24. The molecule has 1 amide bonds. The van der Waals surface area contributed by atoms with Crippen molar-refractivity contribution in [3.63, 3.8) is 0 Å². The second-order valence-electron chi connectivity index (χ2n) is 4.88. The van der Waals surface area contributed by atoms with Crippen molar-refractivity contribution in [3.05, 3.63) is 23.4 Å². The molecule has 0 bridgehead atoms. The minimum Gasteiger partial charge on any atom is -0.444 e. The Labute approximate surface area is 113 Å². The van der Waals surface area contributed by atoms with Gasteiger partial charge in [-0.3, -0.25) is 10.1 Å². The standard InChI is InChI=1S/C12H13F3N2O3/c1-11(2,3)20-10(19)17-9-7(6-18)4-5-8(16-9)12(13,14)15/h4-6H,1-3H3,(H,16,17,19). The van der Waals surface area contributed by atoms with Crippen LogP contribution in [0, 0.1) is 0 Å². The van der Waals surface area contributed by atoms with Crippen LogP contribution in [0.2, 0.25) is 0 Å². The summed E-state index contributed by atoms with van der Waals surface area (Å²) in [7, 11) is 0. The van der Waals surface area contributed by atoms with E-state index in [0.717, 1.165) is 6.07 Å². The zero-order valence-corrected chi connectivity index (χ0v) is 11.0. The number of ether oxygens (including phenoxy) is 1. The molecule has 1 aromatic heterocycles. The van der Waals surface area contributed by atoms with Crippen LogP contribution in [0.1, 0.15) is 36.8 Å². The Balaban J connectivity index is 3.03. The number of nitrogens with zero attached hydrogens (tertiary/aromatic N) is 1. The van der Waals surface area contributed by atoms with Crippen molar-refractivity contribution < 1.29 is 27.5 Å². The van der Waals surface area contributed by atoms with Crippen molar-refractivity contribution in [1.82, 2.24) is 4.98 Å². The lowest BCUT2D eigenvalue weighted by atomic mass is 10.2. The van der Waals surface area contributed by atoms with Crippen LogP contribution < -0.4 is 5.32 Å². The van der Waals surface area contributed by atoms with Crippen LogP contribution in [-0.4, -0.2) is 23.0 Å². The highest BCUT2D eigenvalue weighted by molar-refractivity contribution is 5.91. The largest absolute Gasteiger partial charge is 0.444 e. The van der Waals surface area contributed by atoms with E-state index in [9.17, 15) is 22.8 Å². The summed E-state index contributed by atoms with van der Waals surface area (Å²) in [6.07, 6.45) is -5.38. The molecule has 1 N–H and O–H groups in total. The van der Waals surface area contributed by atoms with E-state index < -0.39 is 29.4 Å². The number of hydrogen-bond acceptors (Lipinski definition) is 4. The number of carbonyl (C=O) groups is 2. The second-order valence-corrected chi connectivity index (χ2v) is 4.88. The maximum absolute atomic E-state index is 12.5. The zero-order valence-electron chi connectivity index (χ0n) is 11.0. The number of rotatable bonds is 2. The Morgan fingerprint density at radius 1 is 1.30 bits per heavy atom. The van der Waals surface area contributed by atoms with E-state index in [4.69, 9.17) is 4.74 Å². The van der Waals surface area contributed by atoms with Gasteiger partial charge in [0.1, 0.15) is 17.1 Å². The fourth-order valence-corrected chi connectivity index (χ4v) is 1.22. The van der Waals surface area contributed by atoms with Crippen LogP contribution in [0.15, 0.2) is 12.1 Å². The summed E-state index contributed by atoms with van der Waals surface area (Å²) in [6, 6.07) is 1.58. The number of amides is 1. The Kier molecular flexibility index (Phi) is 4.36. The first-order valence-corrected chi connectivity index (χ1v) is 5.56. The van der Waals surface area contributed by atoms with Crippen LogP contribution in [0.3, 0.4) is 0 Å². The SMILES string of the molecule is CC(C)(C)OC(=O)Nc1nc(C(F)(F)F)ccc1C=O. The number of anilines is 1. The van der Waals surface area contributed by atoms with Crippen molar-refractivity contribution in [2.45, 2.75) is 32.5 Å². The number of hydrogen-bond donors (Lipinski definition) is 1. The van der Waals surface area contributed by atoms with Crippen LogP contribution in [0.25, 0.3) is 0 Å².